The number of hydrogen-bond acceptors (Lipinski definition) is 3. The van der Waals surface area contributed by atoms with Gasteiger partial charge in [0.05, 0.1) is 5.75 Å². The fraction of sp³-hybridized carbons (Fsp3) is 0.440. The first kappa shape index (κ1) is 24.0. The minimum absolute atomic E-state index is 0.0130. The maximum absolute atomic E-state index is 13.1. The first-order chi connectivity index (χ1) is 14.3. The Morgan fingerprint density at radius 1 is 1.03 bits per heavy atom. The predicted molar refractivity (Wildman–Crippen MR) is 126 cm³/mol. The molecule has 0 radical (unpaired) electrons. The fourth-order valence-corrected chi connectivity index (χ4v) is 4.03. The summed E-state index contributed by atoms with van der Waals surface area (Å²) in [4.78, 5) is 27.5. The van der Waals surface area contributed by atoms with Crippen LogP contribution in [0.25, 0.3) is 0 Å². The van der Waals surface area contributed by atoms with Crippen molar-refractivity contribution in [3.8, 4) is 0 Å². The van der Waals surface area contributed by atoms with Crippen LogP contribution in [0.1, 0.15) is 49.4 Å². The Labute approximate surface area is 185 Å². The fourth-order valence-electron chi connectivity index (χ4n) is 3.04. The van der Waals surface area contributed by atoms with E-state index in [2.05, 4.69) is 24.4 Å². The zero-order valence-electron chi connectivity index (χ0n) is 18.8. The smallest absolute Gasteiger partial charge is 0.242 e. The van der Waals surface area contributed by atoms with E-state index in [1.54, 1.807) is 16.7 Å². The first-order valence-electron chi connectivity index (χ1n) is 10.6. The second kappa shape index (κ2) is 11.8. The standard InChI is InChI=1S/C25H34N2O2S/c1-6-20(4)26-25(29)21(5)27(15-22-13-11-18(2)12-14-22)24(28)17-30-16-23-10-8-7-9-19(23)3/h7-14,20-21H,6,15-17H2,1-5H3,(H,26,29)/t20-,21-/m0/s1. The van der Waals surface area contributed by atoms with E-state index in [1.165, 1.54) is 16.7 Å². The van der Waals surface area contributed by atoms with Crippen LogP contribution in [0.4, 0.5) is 0 Å². The molecule has 2 aromatic carbocycles. The van der Waals surface area contributed by atoms with E-state index in [9.17, 15) is 9.59 Å². The zero-order valence-corrected chi connectivity index (χ0v) is 19.6. The van der Waals surface area contributed by atoms with Crippen LogP contribution in [0.15, 0.2) is 48.5 Å². The minimum atomic E-state index is -0.521. The highest BCUT2D eigenvalue weighted by Crippen LogP contribution is 2.18. The van der Waals surface area contributed by atoms with Gasteiger partial charge in [-0.3, -0.25) is 9.59 Å². The molecule has 4 nitrogen and oxygen atoms in total. The number of nitrogens with zero attached hydrogens (tertiary/aromatic N) is 1. The lowest BCUT2D eigenvalue weighted by molar-refractivity contribution is -0.138. The summed E-state index contributed by atoms with van der Waals surface area (Å²) in [6.45, 7) is 10.4. The number of benzene rings is 2. The number of carbonyl (C=O) groups excluding carboxylic acids is 2. The summed E-state index contributed by atoms with van der Waals surface area (Å²) in [5, 5.41) is 3.01. The van der Waals surface area contributed by atoms with Crippen LogP contribution in [0.5, 0.6) is 0 Å². The van der Waals surface area contributed by atoms with Crippen LogP contribution in [0, 0.1) is 13.8 Å². The van der Waals surface area contributed by atoms with Crippen molar-refractivity contribution >= 4 is 23.6 Å². The average Bonchev–Trinajstić information content (AvgIpc) is 2.73. The quantitative estimate of drug-likeness (QED) is 0.590. The van der Waals surface area contributed by atoms with Gasteiger partial charge in [0.25, 0.3) is 0 Å². The molecular formula is C25H34N2O2S. The summed E-state index contributed by atoms with van der Waals surface area (Å²) in [6, 6.07) is 15.9. The molecule has 2 aromatic rings. The molecule has 5 heteroatoms. The molecule has 0 saturated carbocycles. The van der Waals surface area contributed by atoms with Crippen molar-refractivity contribution in [3.05, 3.63) is 70.8 Å². The van der Waals surface area contributed by atoms with Crippen LogP contribution in [0.3, 0.4) is 0 Å². The maximum Gasteiger partial charge on any atom is 0.242 e. The molecule has 2 atom stereocenters. The van der Waals surface area contributed by atoms with Gasteiger partial charge < -0.3 is 10.2 Å². The third-order valence-corrected chi connectivity index (χ3v) is 6.35. The van der Waals surface area contributed by atoms with Gasteiger partial charge in [-0.15, -0.1) is 11.8 Å². The second-order valence-corrected chi connectivity index (χ2v) is 8.91. The molecule has 0 aromatic heterocycles. The molecule has 0 spiro atoms. The van der Waals surface area contributed by atoms with Gasteiger partial charge in [-0.05, 0) is 50.8 Å². The van der Waals surface area contributed by atoms with E-state index >= 15 is 0 Å². The summed E-state index contributed by atoms with van der Waals surface area (Å²) < 4.78 is 0. The van der Waals surface area contributed by atoms with Crippen molar-refractivity contribution in [1.82, 2.24) is 10.2 Å². The van der Waals surface area contributed by atoms with Crippen molar-refractivity contribution in [1.29, 1.82) is 0 Å². The Bertz CT molecular complexity index is 835. The van der Waals surface area contributed by atoms with Crippen molar-refractivity contribution < 1.29 is 9.59 Å². The molecule has 0 bridgehead atoms. The number of rotatable bonds is 10. The highest BCUT2D eigenvalue weighted by atomic mass is 32.2. The van der Waals surface area contributed by atoms with Crippen molar-refractivity contribution in [2.75, 3.05) is 5.75 Å². The number of amides is 2. The van der Waals surface area contributed by atoms with E-state index in [1.807, 2.05) is 64.1 Å². The van der Waals surface area contributed by atoms with Gasteiger partial charge in [0, 0.05) is 18.3 Å². The number of carbonyl (C=O) groups is 2. The van der Waals surface area contributed by atoms with Crippen molar-refractivity contribution in [2.45, 2.75) is 65.4 Å². The topological polar surface area (TPSA) is 49.4 Å². The molecule has 0 aliphatic carbocycles. The van der Waals surface area contributed by atoms with Gasteiger partial charge in [0.2, 0.25) is 11.8 Å². The van der Waals surface area contributed by atoms with Gasteiger partial charge >= 0.3 is 0 Å². The van der Waals surface area contributed by atoms with Gasteiger partial charge in [0.15, 0.2) is 0 Å². The van der Waals surface area contributed by atoms with Crippen LogP contribution < -0.4 is 5.32 Å². The molecule has 0 heterocycles. The molecular weight excluding hydrogens is 392 g/mol. The van der Waals surface area contributed by atoms with E-state index in [0.29, 0.717) is 12.3 Å². The Morgan fingerprint density at radius 3 is 2.33 bits per heavy atom. The molecule has 1 N–H and O–H groups in total. The lowest BCUT2D eigenvalue weighted by atomic mass is 10.1. The molecule has 0 saturated heterocycles. The van der Waals surface area contributed by atoms with E-state index in [4.69, 9.17) is 0 Å². The SMILES string of the molecule is CC[C@H](C)NC(=O)[C@H](C)N(Cc1ccc(C)cc1)C(=O)CSCc1ccccc1C. The molecule has 162 valence electrons. The number of nitrogens with one attached hydrogen (secondary N) is 1. The maximum atomic E-state index is 13.1. The van der Waals surface area contributed by atoms with Crippen LogP contribution in [-0.4, -0.2) is 34.6 Å². The molecule has 0 fully saturated rings. The lowest BCUT2D eigenvalue weighted by Gasteiger charge is -2.29. The Morgan fingerprint density at radius 2 is 1.70 bits per heavy atom. The van der Waals surface area contributed by atoms with Gasteiger partial charge in [-0.25, -0.2) is 0 Å². The Hall–Kier alpha value is -2.27. The van der Waals surface area contributed by atoms with Crippen LogP contribution in [0.2, 0.25) is 0 Å². The second-order valence-electron chi connectivity index (χ2n) is 7.92. The van der Waals surface area contributed by atoms with Crippen LogP contribution >= 0.6 is 11.8 Å². The minimum Gasteiger partial charge on any atom is -0.352 e. The largest absolute Gasteiger partial charge is 0.352 e. The average molecular weight is 427 g/mol. The summed E-state index contributed by atoms with van der Waals surface area (Å²) >= 11 is 1.59. The first-order valence-corrected chi connectivity index (χ1v) is 11.7. The van der Waals surface area contributed by atoms with Gasteiger partial charge in [-0.2, -0.15) is 0 Å². The molecule has 2 amide bonds. The Kier molecular flexibility index (Phi) is 9.44. The number of thioether (sulfide) groups is 1. The van der Waals surface area contributed by atoms with Crippen LogP contribution in [-0.2, 0) is 21.9 Å². The summed E-state index contributed by atoms with van der Waals surface area (Å²) in [7, 11) is 0. The van der Waals surface area contributed by atoms with Gasteiger partial charge in [-0.1, -0.05) is 61.0 Å². The summed E-state index contributed by atoms with van der Waals surface area (Å²) in [5.41, 5.74) is 4.67. The number of aryl methyl sites for hydroxylation is 2. The van der Waals surface area contributed by atoms with Crippen molar-refractivity contribution in [2.24, 2.45) is 0 Å². The molecule has 2 rings (SSSR count). The monoisotopic (exact) mass is 426 g/mol. The van der Waals surface area contributed by atoms with Gasteiger partial charge in [0.1, 0.15) is 6.04 Å². The normalized spacial score (nSPS) is 12.8. The predicted octanol–water partition coefficient (Wildman–Crippen LogP) is 4.87. The molecule has 0 aliphatic heterocycles. The molecule has 0 aliphatic rings. The highest BCUT2D eigenvalue weighted by molar-refractivity contribution is 7.99. The summed E-state index contributed by atoms with van der Waals surface area (Å²) in [6.07, 6.45) is 0.858. The van der Waals surface area contributed by atoms with Crippen molar-refractivity contribution in [3.63, 3.8) is 0 Å². The number of hydrogen-bond donors (Lipinski definition) is 1. The lowest BCUT2D eigenvalue weighted by Crippen LogP contribution is -2.50. The van der Waals surface area contributed by atoms with E-state index in [0.717, 1.165) is 17.7 Å². The third kappa shape index (κ3) is 7.21. The van der Waals surface area contributed by atoms with E-state index in [-0.39, 0.29) is 17.9 Å². The third-order valence-electron chi connectivity index (χ3n) is 5.39. The summed E-state index contributed by atoms with van der Waals surface area (Å²) in [5.74, 6) is 1.01. The van der Waals surface area contributed by atoms with E-state index < -0.39 is 6.04 Å². The molecule has 0 unspecified atom stereocenters. The zero-order chi connectivity index (χ0) is 22.1. The Balaban J connectivity index is 2.08. The molecule has 30 heavy (non-hydrogen) atoms. The highest BCUT2D eigenvalue weighted by Gasteiger charge is 2.26.